The molecule has 0 spiro atoms. The Morgan fingerprint density at radius 3 is 2.00 bits per heavy atom. The van der Waals surface area contributed by atoms with Crippen LogP contribution in [-0.2, 0) is 0 Å². The fourth-order valence-corrected chi connectivity index (χ4v) is 1.31. The lowest BCUT2D eigenvalue weighted by Gasteiger charge is -2.22. The van der Waals surface area contributed by atoms with Crippen LogP contribution in [0, 0.1) is 5.92 Å². The molecule has 0 amide bonds. The van der Waals surface area contributed by atoms with Crippen LogP contribution in [0.3, 0.4) is 0 Å². The third kappa shape index (κ3) is 4.07. The molecule has 0 heterocycles. The topological polar surface area (TPSA) is 3.24 Å². The van der Waals surface area contributed by atoms with Crippen LogP contribution >= 0.6 is 0 Å². The van der Waals surface area contributed by atoms with Crippen LogP contribution < -0.4 is 0 Å². The molecule has 0 rings (SSSR count). The van der Waals surface area contributed by atoms with E-state index in [9.17, 15) is 0 Å². The summed E-state index contributed by atoms with van der Waals surface area (Å²) in [5.74, 6) is 0.663. The molecule has 11 heavy (non-hydrogen) atoms. The summed E-state index contributed by atoms with van der Waals surface area (Å²) in [6.07, 6.45) is 2.31. The first-order valence-corrected chi connectivity index (χ1v) is 4.55. The van der Waals surface area contributed by atoms with Crippen LogP contribution in [0.5, 0.6) is 0 Å². The van der Waals surface area contributed by atoms with Gasteiger partial charge < -0.3 is 4.90 Å². The lowest BCUT2D eigenvalue weighted by Crippen LogP contribution is -2.20. The molecule has 0 aromatic rings. The summed E-state index contributed by atoms with van der Waals surface area (Å²) < 4.78 is 0. The quantitative estimate of drug-likeness (QED) is 0.603. The minimum atomic E-state index is 0.663. The minimum absolute atomic E-state index is 0.663. The van der Waals surface area contributed by atoms with E-state index in [4.69, 9.17) is 0 Å². The molecule has 1 heteroatoms. The number of allylic oxidation sites excluding steroid dienone is 2. The van der Waals surface area contributed by atoms with Crippen molar-refractivity contribution in [2.45, 2.75) is 34.6 Å². The first-order valence-electron chi connectivity index (χ1n) is 4.55. The fourth-order valence-electron chi connectivity index (χ4n) is 1.31. The molecular weight excluding hydrogens is 134 g/mol. The van der Waals surface area contributed by atoms with Crippen LogP contribution in [0.2, 0.25) is 0 Å². The zero-order chi connectivity index (χ0) is 8.85. The second-order valence-electron chi connectivity index (χ2n) is 3.22. The largest absolute Gasteiger partial charge is 0.376 e. The van der Waals surface area contributed by atoms with Gasteiger partial charge in [0, 0.05) is 18.8 Å². The zero-order valence-electron chi connectivity index (χ0n) is 8.52. The third-order valence-corrected chi connectivity index (χ3v) is 1.84. The van der Waals surface area contributed by atoms with Gasteiger partial charge in [0.15, 0.2) is 0 Å². The average molecular weight is 155 g/mol. The van der Waals surface area contributed by atoms with Gasteiger partial charge in [-0.05, 0) is 26.7 Å². The molecule has 0 aliphatic carbocycles. The first-order chi connectivity index (χ1) is 5.11. The van der Waals surface area contributed by atoms with Crippen molar-refractivity contribution in [3.63, 3.8) is 0 Å². The maximum Gasteiger partial charge on any atom is 0.0146 e. The Kier molecular flexibility index (Phi) is 5.01. The van der Waals surface area contributed by atoms with E-state index in [0.29, 0.717) is 5.92 Å². The Morgan fingerprint density at radius 1 is 1.27 bits per heavy atom. The summed E-state index contributed by atoms with van der Waals surface area (Å²) in [6.45, 7) is 13.2. The van der Waals surface area contributed by atoms with E-state index in [1.165, 1.54) is 5.70 Å². The van der Waals surface area contributed by atoms with Gasteiger partial charge in [-0.15, -0.1) is 0 Å². The Labute approximate surface area is 71.1 Å². The van der Waals surface area contributed by atoms with E-state index < -0.39 is 0 Å². The molecule has 66 valence electrons. The Bertz CT molecular complexity index is 121. The number of nitrogens with zero attached hydrogens (tertiary/aromatic N) is 1. The van der Waals surface area contributed by atoms with Crippen LogP contribution in [0.1, 0.15) is 34.6 Å². The van der Waals surface area contributed by atoms with Crippen molar-refractivity contribution < 1.29 is 0 Å². The highest BCUT2D eigenvalue weighted by Crippen LogP contribution is 2.06. The van der Waals surface area contributed by atoms with Gasteiger partial charge in [0.05, 0.1) is 0 Å². The normalized spacial score (nSPS) is 12.4. The van der Waals surface area contributed by atoms with Gasteiger partial charge >= 0.3 is 0 Å². The highest BCUT2D eigenvalue weighted by atomic mass is 15.1. The summed E-state index contributed by atoms with van der Waals surface area (Å²) in [6, 6.07) is 0. The maximum absolute atomic E-state index is 2.38. The molecular formula is C10H21N. The number of rotatable bonds is 4. The highest BCUT2D eigenvalue weighted by Gasteiger charge is 1.99. The van der Waals surface area contributed by atoms with Gasteiger partial charge in [-0.3, -0.25) is 0 Å². The van der Waals surface area contributed by atoms with Gasteiger partial charge in [-0.2, -0.15) is 0 Å². The predicted molar refractivity (Wildman–Crippen MR) is 51.5 cm³/mol. The van der Waals surface area contributed by atoms with Gasteiger partial charge in [-0.1, -0.05) is 19.9 Å². The summed E-state index contributed by atoms with van der Waals surface area (Å²) in [4.78, 5) is 2.38. The Morgan fingerprint density at radius 2 is 1.73 bits per heavy atom. The highest BCUT2D eigenvalue weighted by molar-refractivity contribution is 4.98. The van der Waals surface area contributed by atoms with E-state index in [-0.39, 0.29) is 0 Å². The molecule has 1 nitrogen and oxygen atoms in total. The first kappa shape index (κ1) is 10.5. The van der Waals surface area contributed by atoms with Crippen molar-refractivity contribution in [3.05, 3.63) is 11.8 Å². The lowest BCUT2D eigenvalue weighted by molar-refractivity contribution is 0.380. The van der Waals surface area contributed by atoms with E-state index in [0.717, 1.165) is 13.1 Å². The molecule has 0 saturated carbocycles. The second kappa shape index (κ2) is 5.22. The third-order valence-electron chi connectivity index (χ3n) is 1.84. The smallest absolute Gasteiger partial charge is 0.0146 e. The number of hydrogen-bond donors (Lipinski definition) is 0. The van der Waals surface area contributed by atoms with Crippen LogP contribution in [0.15, 0.2) is 11.8 Å². The average Bonchev–Trinajstić information content (AvgIpc) is 1.88. The van der Waals surface area contributed by atoms with Crippen molar-refractivity contribution in [1.29, 1.82) is 0 Å². The number of hydrogen-bond acceptors (Lipinski definition) is 1. The van der Waals surface area contributed by atoms with Gasteiger partial charge in [0.2, 0.25) is 0 Å². The predicted octanol–water partition coefficient (Wildman–Crippen LogP) is 2.89. The van der Waals surface area contributed by atoms with E-state index in [1.54, 1.807) is 0 Å². The van der Waals surface area contributed by atoms with Gasteiger partial charge in [-0.25, -0.2) is 0 Å². The fraction of sp³-hybridized carbons (Fsp3) is 0.800. The molecule has 0 aliphatic rings. The standard InChI is InChI=1S/C10H21N/c1-6-11(7-2)10(5)8-9(3)4/h8-9H,6-7H2,1-5H3/b10-8+. The Balaban J connectivity index is 4.07. The molecule has 0 N–H and O–H groups in total. The molecule has 0 aliphatic heterocycles. The SMILES string of the molecule is CCN(CC)/C(C)=C/C(C)C. The molecule has 0 atom stereocenters. The summed E-state index contributed by atoms with van der Waals surface area (Å²) in [7, 11) is 0. The molecule has 0 bridgehead atoms. The van der Waals surface area contributed by atoms with Gasteiger partial charge in [0.25, 0.3) is 0 Å². The monoisotopic (exact) mass is 155 g/mol. The van der Waals surface area contributed by atoms with Crippen molar-refractivity contribution in [2.75, 3.05) is 13.1 Å². The van der Waals surface area contributed by atoms with E-state index in [2.05, 4.69) is 45.6 Å². The lowest BCUT2D eigenvalue weighted by atomic mass is 10.2. The molecule has 0 unspecified atom stereocenters. The molecule has 0 aromatic heterocycles. The Hall–Kier alpha value is -0.460. The van der Waals surface area contributed by atoms with Gasteiger partial charge in [0.1, 0.15) is 0 Å². The van der Waals surface area contributed by atoms with E-state index >= 15 is 0 Å². The van der Waals surface area contributed by atoms with Crippen molar-refractivity contribution in [1.82, 2.24) is 4.90 Å². The van der Waals surface area contributed by atoms with Crippen LogP contribution in [-0.4, -0.2) is 18.0 Å². The van der Waals surface area contributed by atoms with Crippen LogP contribution in [0.25, 0.3) is 0 Å². The summed E-state index contributed by atoms with van der Waals surface area (Å²) in [5.41, 5.74) is 1.41. The molecule has 0 radical (unpaired) electrons. The molecule has 0 saturated heterocycles. The molecule has 0 fully saturated rings. The van der Waals surface area contributed by atoms with Crippen molar-refractivity contribution in [2.24, 2.45) is 5.92 Å². The summed E-state index contributed by atoms with van der Waals surface area (Å²) >= 11 is 0. The summed E-state index contributed by atoms with van der Waals surface area (Å²) in [5, 5.41) is 0. The van der Waals surface area contributed by atoms with Crippen LogP contribution in [0.4, 0.5) is 0 Å². The minimum Gasteiger partial charge on any atom is -0.376 e. The molecule has 0 aromatic carbocycles. The van der Waals surface area contributed by atoms with Crippen molar-refractivity contribution in [3.8, 4) is 0 Å². The van der Waals surface area contributed by atoms with E-state index in [1.807, 2.05) is 0 Å². The van der Waals surface area contributed by atoms with Crippen molar-refractivity contribution >= 4 is 0 Å². The second-order valence-corrected chi connectivity index (χ2v) is 3.22. The maximum atomic E-state index is 2.38. The zero-order valence-corrected chi connectivity index (χ0v) is 8.52.